The minimum absolute atomic E-state index is 0.270. The number of nitrogens with two attached hydrogens (primary N) is 1. The smallest absolute Gasteiger partial charge is 0.258 e. The second kappa shape index (κ2) is 5.38. The average molecular weight is 328 g/mol. The molecule has 0 fully saturated rings. The van der Waals surface area contributed by atoms with Crippen LogP contribution in [0.25, 0.3) is 11.5 Å². The van der Waals surface area contributed by atoms with Gasteiger partial charge in [0, 0.05) is 10.0 Å². The molecule has 0 atom stereocenters. The SMILES string of the molecule is CCC(N)(CC)c1noc(-c2cc(F)cc(Br)c2)n1. The molecule has 0 spiro atoms. The molecule has 0 amide bonds. The van der Waals surface area contributed by atoms with Crippen LogP contribution in [-0.4, -0.2) is 10.1 Å². The van der Waals surface area contributed by atoms with Crippen molar-refractivity contribution in [3.05, 3.63) is 34.3 Å². The second-order valence-corrected chi connectivity index (χ2v) is 5.36. The molecule has 0 unspecified atom stereocenters. The van der Waals surface area contributed by atoms with Crippen molar-refractivity contribution >= 4 is 15.9 Å². The molecule has 1 aromatic heterocycles. The maximum Gasteiger partial charge on any atom is 0.258 e. The molecule has 0 aliphatic rings. The van der Waals surface area contributed by atoms with Gasteiger partial charge in [-0.25, -0.2) is 4.39 Å². The Kier molecular flexibility index (Phi) is 4.01. The number of hydrogen-bond acceptors (Lipinski definition) is 4. The van der Waals surface area contributed by atoms with Gasteiger partial charge >= 0.3 is 0 Å². The summed E-state index contributed by atoms with van der Waals surface area (Å²) >= 11 is 3.23. The van der Waals surface area contributed by atoms with Gasteiger partial charge in [0.05, 0.1) is 5.54 Å². The van der Waals surface area contributed by atoms with E-state index in [0.29, 0.717) is 28.7 Å². The standard InChI is InChI=1S/C13H15BrFN3O/c1-3-13(16,4-2)12-17-11(19-18-12)8-5-9(14)7-10(15)6-8/h5-7H,3-4,16H2,1-2H3. The first kappa shape index (κ1) is 14.1. The van der Waals surface area contributed by atoms with Crippen LogP contribution in [0.5, 0.6) is 0 Å². The summed E-state index contributed by atoms with van der Waals surface area (Å²) in [5, 5.41) is 3.92. The maximum absolute atomic E-state index is 13.3. The second-order valence-electron chi connectivity index (χ2n) is 4.44. The minimum atomic E-state index is -0.605. The summed E-state index contributed by atoms with van der Waals surface area (Å²) in [6.07, 6.45) is 1.41. The van der Waals surface area contributed by atoms with Crippen molar-refractivity contribution < 1.29 is 8.91 Å². The molecule has 102 valence electrons. The largest absolute Gasteiger partial charge is 0.334 e. The molecule has 1 heterocycles. The summed E-state index contributed by atoms with van der Waals surface area (Å²) in [6, 6.07) is 4.43. The van der Waals surface area contributed by atoms with Crippen LogP contribution in [0.4, 0.5) is 4.39 Å². The lowest BCUT2D eigenvalue weighted by Gasteiger charge is -2.21. The van der Waals surface area contributed by atoms with Gasteiger partial charge in [0.1, 0.15) is 5.82 Å². The quantitative estimate of drug-likeness (QED) is 0.931. The van der Waals surface area contributed by atoms with Gasteiger partial charge in [0.2, 0.25) is 0 Å². The van der Waals surface area contributed by atoms with E-state index < -0.39 is 5.54 Å². The summed E-state index contributed by atoms with van der Waals surface area (Å²) in [7, 11) is 0. The van der Waals surface area contributed by atoms with E-state index in [0.717, 1.165) is 0 Å². The van der Waals surface area contributed by atoms with Crippen molar-refractivity contribution in [1.29, 1.82) is 0 Å². The van der Waals surface area contributed by atoms with Gasteiger partial charge in [-0.3, -0.25) is 0 Å². The third-order valence-electron chi connectivity index (χ3n) is 3.24. The van der Waals surface area contributed by atoms with Crippen molar-refractivity contribution in [1.82, 2.24) is 10.1 Å². The van der Waals surface area contributed by atoms with Crippen molar-refractivity contribution in [2.75, 3.05) is 0 Å². The van der Waals surface area contributed by atoms with E-state index in [1.54, 1.807) is 6.07 Å². The third-order valence-corrected chi connectivity index (χ3v) is 3.70. The zero-order valence-electron chi connectivity index (χ0n) is 10.8. The maximum atomic E-state index is 13.3. The Morgan fingerprint density at radius 1 is 1.32 bits per heavy atom. The summed E-state index contributed by atoms with van der Waals surface area (Å²) in [6.45, 7) is 3.94. The first-order chi connectivity index (χ1) is 8.98. The van der Waals surface area contributed by atoms with E-state index in [9.17, 15) is 4.39 Å². The van der Waals surface area contributed by atoms with Gasteiger partial charge in [0.15, 0.2) is 5.82 Å². The van der Waals surface area contributed by atoms with Crippen LogP contribution in [0.2, 0.25) is 0 Å². The van der Waals surface area contributed by atoms with Crippen molar-refractivity contribution in [2.24, 2.45) is 5.73 Å². The summed E-state index contributed by atoms with van der Waals surface area (Å²) in [5.41, 5.74) is 6.12. The van der Waals surface area contributed by atoms with Crippen molar-refractivity contribution in [2.45, 2.75) is 32.2 Å². The molecule has 6 heteroatoms. The summed E-state index contributed by atoms with van der Waals surface area (Å²) in [5.74, 6) is 0.355. The highest BCUT2D eigenvalue weighted by Gasteiger charge is 2.29. The van der Waals surface area contributed by atoms with Gasteiger partial charge in [-0.15, -0.1) is 0 Å². The van der Waals surface area contributed by atoms with E-state index in [1.165, 1.54) is 12.1 Å². The molecule has 0 radical (unpaired) electrons. The fraction of sp³-hybridized carbons (Fsp3) is 0.385. The van der Waals surface area contributed by atoms with Gasteiger partial charge in [-0.1, -0.05) is 34.9 Å². The van der Waals surface area contributed by atoms with E-state index in [4.69, 9.17) is 10.3 Å². The highest BCUT2D eigenvalue weighted by Crippen LogP contribution is 2.27. The number of halogens is 2. The highest BCUT2D eigenvalue weighted by atomic mass is 79.9. The predicted octanol–water partition coefficient (Wildman–Crippen LogP) is 3.61. The highest BCUT2D eigenvalue weighted by molar-refractivity contribution is 9.10. The molecule has 2 rings (SSSR count). The van der Waals surface area contributed by atoms with E-state index in [1.807, 2.05) is 13.8 Å². The predicted molar refractivity (Wildman–Crippen MR) is 73.8 cm³/mol. The Morgan fingerprint density at radius 2 is 2.00 bits per heavy atom. The monoisotopic (exact) mass is 327 g/mol. The first-order valence-corrected chi connectivity index (χ1v) is 6.87. The number of aromatic nitrogens is 2. The Balaban J connectivity index is 2.40. The molecule has 0 bridgehead atoms. The molecule has 4 nitrogen and oxygen atoms in total. The Morgan fingerprint density at radius 3 is 2.58 bits per heavy atom. The van der Waals surface area contributed by atoms with Gasteiger partial charge in [0.25, 0.3) is 5.89 Å². The summed E-state index contributed by atoms with van der Waals surface area (Å²) in [4.78, 5) is 4.29. The molecule has 0 saturated heterocycles. The molecule has 2 N–H and O–H groups in total. The normalized spacial score (nSPS) is 11.8. The number of benzene rings is 1. The van der Waals surface area contributed by atoms with Gasteiger partial charge in [-0.05, 0) is 31.0 Å². The Labute approximate surface area is 119 Å². The average Bonchev–Trinajstić information content (AvgIpc) is 2.87. The molecule has 19 heavy (non-hydrogen) atoms. The molecular weight excluding hydrogens is 313 g/mol. The fourth-order valence-corrected chi connectivity index (χ4v) is 2.25. The van der Waals surface area contributed by atoms with Crippen LogP contribution < -0.4 is 5.73 Å². The van der Waals surface area contributed by atoms with Crippen LogP contribution in [0, 0.1) is 5.82 Å². The zero-order chi connectivity index (χ0) is 14.0. The fourth-order valence-electron chi connectivity index (χ4n) is 1.79. The van der Waals surface area contributed by atoms with Crippen molar-refractivity contribution in [3.8, 4) is 11.5 Å². The lowest BCUT2D eigenvalue weighted by molar-refractivity contribution is 0.350. The van der Waals surface area contributed by atoms with E-state index in [2.05, 4.69) is 26.1 Å². The van der Waals surface area contributed by atoms with Gasteiger partial charge in [-0.2, -0.15) is 4.98 Å². The third kappa shape index (κ3) is 2.84. The zero-order valence-corrected chi connectivity index (χ0v) is 12.4. The number of rotatable bonds is 4. The van der Waals surface area contributed by atoms with E-state index >= 15 is 0 Å². The molecule has 0 aliphatic carbocycles. The lowest BCUT2D eigenvalue weighted by Crippen LogP contribution is -2.36. The van der Waals surface area contributed by atoms with Crippen molar-refractivity contribution in [3.63, 3.8) is 0 Å². The van der Waals surface area contributed by atoms with Crippen LogP contribution in [0.1, 0.15) is 32.5 Å². The van der Waals surface area contributed by atoms with Crippen LogP contribution in [0.3, 0.4) is 0 Å². The van der Waals surface area contributed by atoms with Gasteiger partial charge < -0.3 is 10.3 Å². The van der Waals surface area contributed by atoms with E-state index in [-0.39, 0.29) is 11.7 Å². The van der Waals surface area contributed by atoms with Crippen LogP contribution >= 0.6 is 15.9 Å². The number of nitrogens with zero attached hydrogens (tertiary/aromatic N) is 2. The molecular formula is C13H15BrFN3O. The Hall–Kier alpha value is -1.27. The first-order valence-electron chi connectivity index (χ1n) is 6.08. The summed E-state index contributed by atoms with van der Waals surface area (Å²) < 4.78 is 19.1. The molecule has 0 aliphatic heterocycles. The number of hydrogen-bond donors (Lipinski definition) is 1. The molecule has 0 saturated carbocycles. The van der Waals surface area contributed by atoms with Crippen LogP contribution in [0.15, 0.2) is 27.2 Å². The Bertz CT molecular complexity index is 561. The molecule has 1 aromatic carbocycles. The molecule has 2 aromatic rings. The van der Waals surface area contributed by atoms with Crippen LogP contribution in [-0.2, 0) is 5.54 Å². The topological polar surface area (TPSA) is 64.9 Å². The lowest BCUT2D eigenvalue weighted by atomic mass is 9.93. The minimum Gasteiger partial charge on any atom is -0.334 e.